The Morgan fingerprint density at radius 3 is 0.649 bits per heavy atom. The summed E-state index contributed by atoms with van der Waals surface area (Å²) in [5.74, 6) is 5.84. The minimum atomic E-state index is 0.313. The van der Waals surface area contributed by atoms with E-state index in [4.69, 9.17) is 59.8 Å². The molecule has 0 atom stereocenters. The van der Waals surface area contributed by atoms with Crippen LogP contribution < -0.4 is 0 Å². The van der Waals surface area contributed by atoms with Crippen molar-refractivity contribution in [3.8, 4) is 171 Å². The summed E-state index contributed by atoms with van der Waals surface area (Å²) in [6.07, 6.45) is 0. The van der Waals surface area contributed by atoms with Crippen molar-refractivity contribution in [1.82, 2.24) is 68.9 Å². The molecule has 20 rings (SSSR count). The maximum atomic E-state index is 12.4. The first-order chi connectivity index (χ1) is 56.4. The summed E-state index contributed by atoms with van der Waals surface area (Å²) >= 11 is 0. The van der Waals surface area contributed by atoms with Crippen LogP contribution in [0.3, 0.4) is 0 Å². The third-order valence-electron chi connectivity index (χ3n) is 20.4. The summed E-state index contributed by atoms with van der Waals surface area (Å²) in [6, 6.07) is 121. The van der Waals surface area contributed by atoms with Crippen molar-refractivity contribution >= 4 is 43.6 Å². The molecule has 114 heavy (non-hydrogen) atoms. The number of benzene rings is 14. The summed E-state index contributed by atoms with van der Waals surface area (Å²) in [5.41, 5.74) is 15.7. The van der Waals surface area contributed by atoms with Crippen LogP contribution in [0, 0.1) is 22.7 Å². The second kappa shape index (κ2) is 28.7. The van der Waals surface area contributed by atoms with E-state index >= 15 is 0 Å². The minimum Gasteiger partial charge on any atom is -0.309 e. The highest BCUT2D eigenvalue weighted by Crippen LogP contribution is 2.45. The summed E-state index contributed by atoms with van der Waals surface area (Å²) in [7, 11) is 0. The Bertz CT molecular complexity index is 6620. The van der Waals surface area contributed by atoms with Crippen LogP contribution in [-0.2, 0) is 0 Å². The fraction of sp³-hybridized carbons (Fsp3) is 0. The van der Waals surface area contributed by atoms with Crippen LogP contribution in [0.15, 0.2) is 352 Å². The fourth-order valence-corrected chi connectivity index (χ4v) is 14.9. The average Bonchev–Trinajstić information content (AvgIpc) is 1.55. The predicted octanol–water partition coefficient (Wildman–Crippen LogP) is 22.0. The quantitative estimate of drug-likeness (QED) is 0.0934. The minimum absolute atomic E-state index is 0.313. The Hall–Kier alpha value is -16.3. The summed E-state index contributed by atoms with van der Waals surface area (Å²) < 4.78 is 4.36. The molecule has 0 radical (unpaired) electrons. The largest absolute Gasteiger partial charge is 0.309 e. The molecular weight excluding hydrogens is 1400 g/mol. The Balaban J connectivity index is 0.874. The zero-order valence-corrected chi connectivity index (χ0v) is 60.6. The topological polar surface area (TPSA) is 212 Å². The van der Waals surface area contributed by atoms with E-state index in [1.807, 2.05) is 279 Å². The summed E-state index contributed by atoms with van der Waals surface area (Å²) in [5, 5.41) is 26.9. The highest BCUT2D eigenvalue weighted by Gasteiger charge is 2.27. The number of rotatable bonds is 15. The lowest BCUT2D eigenvalue weighted by atomic mass is 9.97. The molecular formula is C98H58N16. The van der Waals surface area contributed by atoms with Gasteiger partial charge in [-0.2, -0.15) is 10.5 Å². The number of nitriles is 2. The van der Waals surface area contributed by atoms with E-state index in [-0.39, 0.29) is 0 Å². The molecule has 6 aromatic heterocycles. The first-order valence-corrected chi connectivity index (χ1v) is 37.1. The highest BCUT2D eigenvalue weighted by molar-refractivity contribution is 6.13. The van der Waals surface area contributed by atoms with Crippen LogP contribution in [0.2, 0.25) is 0 Å². The van der Waals surface area contributed by atoms with Crippen molar-refractivity contribution in [2.24, 2.45) is 0 Å². The van der Waals surface area contributed by atoms with E-state index in [0.29, 0.717) is 126 Å². The van der Waals surface area contributed by atoms with Gasteiger partial charge < -0.3 is 9.13 Å². The molecule has 0 bridgehead atoms. The van der Waals surface area contributed by atoms with Gasteiger partial charge in [0.2, 0.25) is 0 Å². The second-order valence-corrected chi connectivity index (χ2v) is 27.4. The first kappa shape index (κ1) is 67.1. The number of hydrogen-bond donors (Lipinski definition) is 0. The van der Waals surface area contributed by atoms with Crippen molar-refractivity contribution in [3.05, 3.63) is 363 Å². The molecule has 0 aliphatic rings. The lowest BCUT2D eigenvalue weighted by molar-refractivity contribution is 1.07. The van der Waals surface area contributed by atoms with Crippen molar-refractivity contribution in [2.75, 3.05) is 0 Å². The molecule has 14 aromatic carbocycles. The summed E-state index contributed by atoms with van der Waals surface area (Å²) in [6.45, 7) is 0. The number of aromatic nitrogens is 14. The Labute approximate surface area is 653 Å². The van der Waals surface area contributed by atoms with E-state index in [9.17, 15) is 10.5 Å². The molecule has 16 heteroatoms. The third-order valence-corrected chi connectivity index (χ3v) is 20.4. The first-order valence-electron chi connectivity index (χ1n) is 37.1. The van der Waals surface area contributed by atoms with Crippen LogP contribution in [0.1, 0.15) is 11.1 Å². The molecule has 0 saturated carbocycles. The van der Waals surface area contributed by atoms with Gasteiger partial charge in [-0.15, -0.1) is 0 Å². The maximum Gasteiger partial charge on any atom is 0.164 e. The van der Waals surface area contributed by atoms with E-state index in [1.54, 1.807) is 6.07 Å². The monoisotopic (exact) mass is 1460 g/mol. The van der Waals surface area contributed by atoms with Crippen molar-refractivity contribution in [2.45, 2.75) is 0 Å². The van der Waals surface area contributed by atoms with Crippen LogP contribution in [-0.4, -0.2) is 68.9 Å². The van der Waals surface area contributed by atoms with Crippen molar-refractivity contribution < 1.29 is 0 Å². The smallest absolute Gasteiger partial charge is 0.164 e. The zero-order valence-electron chi connectivity index (χ0n) is 60.6. The second-order valence-electron chi connectivity index (χ2n) is 27.4. The summed E-state index contributed by atoms with van der Waals surface area (Å²) in [4.78, 5) is 62.3. The average molecular weight is 1460 g/mol. The predicted molar refractivity (Wildman–Crippen MR) is 449 cm³/mol. The molecule has 0 fully saturated rings. The normalized spacial score (nSPS) is 11.3. The van der Waals surface area contributed by atoms with Gasteiger partial charge in [-0.3, -0.25) is 0 Å². The Kier molecular flexibility index (Phi) is 16.9. The van der Waals surface area contributed by atoms with Crippen molar-refractivity contribution in [1.29, 1.82) is 10.5 Å². The van der Waals surface area contributed by atoms with E-state index < -0.39 is 0 Å². The molecule has 0 unspecified atom stereocenters. The molecule has 6 heterocycles. The zero-order chi connectivity index (χ0) is 76.0. The van der Waals surface area contributed by atoms with Crippen LogP contribution in [0.4, 0.5) is 0 Å². The van der Waals surface area contributed by atoms with Gasteiger partial charge in [-0.1, -0.05) is 303 Å². The van der Waals surface area contributed by atoms with E-state index in [1.165, 1.54) is 0 Å². The molecule has 0 amide bonds. The van der Waals surface area contributed by atoms with Gasteiger partial charge in [0.05, 0.1) is 50.6 Å². The third kappa shape index (κ3) is 12.5. The Morgan fingerprint density at radius 2 is 0.412 bits per heavy atom. The van der Waals surface area contributed by atoms with Crippen LogP contribution in [0.5, 0.6) is 0 Å². The Morgan fingerprint density at radius 1 is 0.184 bits per heavy atom. The molecule has 0 N–H and O–H groups in total. The number of hydrogen-bond acceptors (Lipinski definition) is 14. The molecule has 0 aliphatic carbocycles. The van der Waals surface area contributed by atoms with Gasteiger partial charge in [0.1, 0.15) is 6.07 Å². The lowest BCUT2D eigenvalue weighted by Gasteiger charge is -2.19. The van der Waals surface area contributed by atoms with Gasteiger partial charge in [0.15, 0.2) is 69.9 Å². The number of nitrogens with zero attached hydrogens (tertiary/aromatic N) is 16. The molecule has 0 aliphatic heterocycles. The molecule has 16 nitrogen and oxygen atoms in total. The highest BCUT2D eigenvalue weighted by atomic mass is 15.1. The molecule has 0 saturated heterocycles. The standard InChI is InChI=1S/C98H58N16/c99-59-61-26-25-43-70(52-61)80-58-81(113-82-53-71(95-105-87(62-27-9-1-10-28-62)101-88(106-95)63-29-11-2-12-30-63)44-48-76(82)77-49-45-72(54-83(77)113)96-107-89(64-31-13-3-14-32-64)102-90(108-96)65-33-15-4-16-34-65)75(60-100)57-86(80)114-84-55-73(97-109-91(66-35-17-5-18-36-66)103-92(110-97)67-37-19-6-20-38-67)46-50-78(84)79-51-47-74(56-85(79)114)98-111-93(68-39-21-7-22-40-68)104-94(112-98)69-41-23-8-24-42-69/h1-58H. The SMILES string of the molecule is N#Cc1cccc(-c2cc(-n3c4cc(-c5nc(-c6ccccc6)nc(-c6ccccc6)n5)ccc4c4ccc(-c5nc(-c6ccccc6)nc(-c6ccccc6)n5)cc43)c(C#N)cc2-n2c3cc(-c4nc(-c5ccccc5)nc(-c5ccccc5)n4)ccc3c3ccc(-c4nc(-c5ccccc5)nc(-c5ccccc5)n4)cc32)c1. The van der Waals surface area contributed by atoms with Crippen molar-refractivity contribution in [3.63, 3.8) is 0 Å². The van der Waals surface area contributed by atoms with Gasteiger partial charge in [0.25, 0.3) is 0 Å². The molecule has 20 aromatic rings. The van der Waals surface area contributed by atoms with Gasteiger partial charge in [-0.25, -0.2) is 59.8 Å². The van der Waals surface area contributed by atoms with Crippen LogP contribution in [0.25, 0.3) is 203 Å². The van der Waals surface area contributed by atoms with Gasteiger partial charge in [-0.05, 0) is 54.1 Å². The fourth-order valence-electron chi connectivity index (χ4n) is 14.9. The maximum absolute atomic E-state index is 12.4. The van der Waals surface area contributed by atoms with Gasteiger partial charge in [0, 0.05) is 93.9 Å². The molecule has 0 spiro atoms. The molecule has 530 valence electrons. The van der Waals surface area contributed by atoms with E-state index in [0.717, 1.165) is 88.1 Å². The van der Waals surface area contributed by atoms with Gasteiger partial charge >= 0.3 is 0 Å². The lowest BCUT2D eigenvalue weighted by Crippen LogP contribution is -2.05. The number of fused-ring (bicyclic) bond motifs is 6. The van der Waals surface area contributed by atoms with E-state index in [2.05, 4.69) is 88.0 Å². The van der Waals surface area contributed by atoms with Crippen LogP contribution >= 0.6 is 0 Å².